The van der Waals surface area contributed by atoms with E-state index in [4.69, 9.17) is 11.6 Å². The summed E-state index contributed by atoms with van der Waals surface area (Å²) in [7, 11) is 1.92. The number of pyridine rings is 1. The molecule has 90 valence electrons. The third kappa shape index (κ3) is 3.54. The van der Waals surface area contributed by atoms with E-state index in [1.54, 1.807) is 12.4 Å². The van der Waals surface area contributed by atoms with E-state index in [-0.39, 0.29) is 0 Å². The first-order chi connectivity index (χ1) is 8.25. The van der Waals surface area contributed by atoms with Crippen molar-refractivity contribution >= 4 is 11.6 Å². The second-order valence-electron chi connectivity index (χ2n) is 3.92. The Balaban J connectivity index is 1.75. The summed E-state index contributed by atoms with van der Waals surface area (Å²) in [5.74, 6) is 0. The third-order valence-corrected chi connectivity index (χ3v) is 2.86. The number of nitrogens with one attached hydrogen (secondary N) is 1. The lowest BCUT2D eigenvalue weighted by Crippen LogP contribution is -2.16. The summed E-state index contributed by atoms with van der Waals surface area (Å²) in [6.45, 7) is 1.67. The van der Waals surface area contributed by atoms with Crippen LogP contribution >= 0.6 is 11.6 Å². The Labute approximate surface area is 106 Å². The van der Waals surface area contributed by atoms with Crippen molar-refractivity contribution in [2.24, 2.45) is 7.05 Å². The second kappa shape index (κ2) is 5.80. The van der Waals surface area contributed by atoms with Gasteiger partial charge >= 0.3 is 0 Å². The molecule has 2 rings (SSSR count). The first-order valence-corrected chi connectivity index (χ1v) is 5.90. The Morgan fingerprint density at radius 1 is 1.41 bits per heavy atom. The van der Waals surface area contributed by atoms with Gasteiger partial charge in [0.15, 0.2) is 0 Å². The number of aromatic nitrogens is 3. The van der Waals surface area contributed by atoms with Crippen molar-refractivity contribution in [3.8, 4) is 0 Å². The maximum Gasteiger partial charge on any atom is 0.0634 e. The summed E-state index contributed by atoms with van der Waals surface area (Å²) in [6, 6.07) is 1.93. The number of nitrogens with zero attached hydrogens (tertiary/aromatic N) is 3. The molecule has 0 aliphatic carbocycles. The number of aryl methyl sites for hydroxylation is 1. The summed E-state index contributed by atoms with van der Waals surface area (Å²) in [5.41, 5.74) is 2.31. The molecule has 0 atom stereocenters. The monoisotopic (exact) mass is 250 g/mol. The van der Waals surface area contributed by atoms with Gasteiger partial charge in [-0.2, -0.15) is 5.10 Å². The van der Waals surface area contributed by atoms with Crippen molar-refractivity contribution in [3.63, 3.8) is 0 Å². The van der Waals surface area contributed by atoms with Gasteiger partial charge in [-0.3, -0.25) is 9.67 Å². The molecule has 0 amide bonds. The molecule has 0 fully saturated rings. The van der Waals surface area contributed by atoms with Gasteiger partial charge in [0, 0.05) is 32.2 Å². The molecule has 0 aromatic carbocycles. The molecular weight excluding hydrogens is 236 g/mol. The molecule has 0 radical (unpaired) electrons. The zero-order chi connectivity index (χ0) is 12.1. The van der Waals surface area contributed by atoms with Crippen LogP contribution in [-0.2, 0) is 20.0 Å². The van der Waals surface area contributed by atoms with Gasteiger partial charge in [0.1, 0.15) is 0 Å². The van der Waals surface area contributed by atoms with E-state index >= 15 is 0 Å². The Morgan fingerprint density at radius 3 is 3.00 bits per heavy atom. The molecule has 17 heavy (non-hydrogen) atoms. The average Bonchev–Trinajstić information content (AvgIpc) is 2.73. The minimum absolute atomic E-state index is 0.710. The highest BCUT2D eigenvalue weighted by atomic mass is 35.5. The molecule has 0 unspecified atom stereocenters. The highest BCUT2D eigenvalue weighted by Gasteiger charge is 1.99. The fourth-order valence-electron chi connectivity index (χ4n) is 1.60. The fraction of sp³-hybridized carbons (Fsp3) is 0.333. The molecule has 0 saturated carbocycles. The maximum atomic E-state index is 6.01. The smallest absolute Gasteiger partial charge is 0.0634 e. The van der Waals surface area contributed by atoms with Gasteiger partial charge in [-0.05, 0) is 30.2 Å². The molecule has 0 spiro atoms. The summed E-state index contributed by atoms with van der Waals surface area (Å²) in [6.07, 6.45) is 8.31. The van der Waals surface area contributed by atoms with Crippen molar-refractivity contribution in [1.29, 1.82) is 0 Å². The van der Waals surface area contributed by atoms with Crippen LogP contribution in [0.3, 0.4) is 0 Å². The van der Waals surface area contributed by atoms with E-state index in [0.29, 0.717) is 5.02 Å². The van der Waals surface area contributed by atoms with E-state index in [2.05, 4.69) is 15.4 Å². The summed E-state index contributed by atoms with van der Waals surface area (Å²) in [5, 5.41) is 8.19. The fourth-order valence-corrected chi connectivity index (χ4v) is 1.79. The molecule has 0 saturated heterocycles. The molecule has 2 heterocycles. The lowest BCUT2D eigenvalue weighted by Gasteiger charge is -2.05. The molecule has 1 N–H and O–H groups in total. The number of hydrogen-bond donors (Lipinski definition) is 1. The van der Waals surface area contributed by atoms with Crippen LogP contribution in [0, 0.1) is 0 Å². The minimum Gasteiger partial charge on any atom is -0.312 e. The van der Waals surface area contributed by atoms with E-state index in [9.17, 15) is 0 Å². The van der Waals surface area contributed by atoms with E-state index in [1.807, 2.05) is 30.2 Å². The Kier molecular flexibility index (Phi) is 4.12. The zero-order valence-corrected chi connectivity index (χ0v) is 10.5. The van der Waals surface area contributed by atoms with Gasteiger partial charge in [0.2, 0.25) is 0 Å². The van der Waals surface area contributed by atoms with Gasteiger partial charge in [-0.25, -0.2) is 0 Å². The van der Waals surface area contributed by atoms with E-state index in [1.165, 1.54) is 5.56 Å². The van der Waals surface area contributed by atoms with Crippen molar-refractivity contribution in [2.75, 3.05) is 6.54 Å². The van der Waals surface area contributed by atoms with Gasteiger partial charge in [-0.15, -0.1) is 0 Å². The molecule has 0 bridgehead atoms. The minimum atomic E-state index is 0.710. The van der Waals surface area contributed by atoms with Crippen LogP contribution in [0.5, 0.6) is 0 Å². The standard InChI is InChI=1S/C12H15ClN4/c1-17-9-10(6-16-17)2-4-14-7-11-3-5-15-8-12(11)13/h3,5-6,8-9,14H,2,4,7H2,1H3. The van der Waals surface area contributed by atoms with Gasteiger partial charge < -0.3 is 5.32 Å². The predicted molar refractivity (Wildman–Crippen MR) is 67.9 cm³/mol. The Bertz CT molecular complexity index is 481. The Hall–Kier alpha value is -1.39. The van der Waals surface area contributed by atoms with Crippen molar-refractivity contribution < 1.29 is 0 Å². The SMILES string of the molecule is Cn1cc(CCNCc2ccncc2Cl)cn1. The number of hydrogen-bond acceptors (Lipinski definition) is 3. The summed E-state index contributed by atoms with van der Waals surface area (Å²) < 4.78 is 1.81. The van der Waals surface area contributed by atoms with Crippen LogP contribution in [0.4, 0.5) is 0 Å². The quantitative estimate of drug-likeness (QED) is 0.823. The number of rotatable bonds is 5. The highest BCUT2D eigenvalue weighted by molar-refractivity contribution is 6.31. The molecule has 0 aliphatic rings. The van der Waals surface area contributed by atoms with Crippen molar-refractivity contribution in [1.82, 2.24) is 20.1 Å². The number of halogens is 1. The van der Waals surface area contributed by atoms with Crippen LogP contribution in [0.25, 0.3) is 0 Å². The topological polar surface area (TPSA) is 42.7 Å². The van der Waals surface area contributed by atoms with Crippen LogP contribution in [0.15, 0.2) is 30.9 Å². The molecule has 0 aliphatic heterocycles. The lowest BCUT2D eigenvalue weighted by atomic mass is 10.2. The second-order valence-corrected chi connectivity index (χ2v) is 4.32. The van der Waals surface area contributed by atoms with Crippen molar-refractivity contribution in [2.45, 2.75) is 13.0 Å². The zero-order valence-electron chi connectivity index (χ0n) is 9.73. The molecule has 2 aromatic rings. The van der Waals surface area contributed by atoms with Crippen LogP contribution in [0.1, 0.15) is 11.1 Å². The van der Waals surface area contributed by atoms with Gasteiger partial charge in [0.25, 0.3) is 0 Å². The van der Waals surface area contributed by atoms with Crippen LogP contribution in [-0.4, -0.2) is 21.3 Å². The molecule has 4 nitrogen and oxygen atoms in total. The summed E-state index contributed by atoms with van der Waals surface area (Å²) >= 11 is 6.01. The van der Waals surface area contributed by atoms with Crippen molar-refractivity contribution in [3.05, 3.63) is 47.0 Å². The first-order valence-electron chi connectivity index (χ1n) is 5.52. The van der Waals surface area contributed by atoms with Crippen LogP contribution < -0.4 is 5.32 Å². The van der Waals surface area contributed by atoms with E-state index < -0.39 is 0 Å². The third-order valence-electron chi connectivity index (χ3n) is 2.52. The van der Waals surface area contributed by atoms with Gasteiger partial charge in [0.05, 0.1) is 11.2 Å². The van der Waals surface area contributed by atoms with E-state index in [0.717, 1.165) is 25.1 Å². The molecule has 5 heteroatoms. The molecule has 2 aromatic heterocycles. The predicted octanol–water partition coefficient (Wildman–Crippen LogP) is 1.80. The normalized spacial score (nSPS) is 10.7. The highest BCUT2D eigenvalue weighted by Crippen LogP contribution is 2.12. The van der Waals surface area contributed by atoms with Gasteiger partial charge in [-0.1, -0.05) is 11.6 Å². The van der Waals surface area contributed by atoms with Crippen LogP contribution in [0.2, 0.25) is 5.02 Å². The summed E-state index contributed by atoms with van der Waals surface area (Å²) in [4.78, 5) is 3.95. The maximum absolute atomic E-state index is 6.01. The lowest BCUT2D eigenvalue weighted by molar-refractivity contribution is 0.685. The first kappa shape index (κ1) is 12.1. The Morgan fingerprint density at radius 2 is 2.29 bits per heavy atom. The molecular formula is C12H15ClN4. The largest absolute Gasteiger partial charge is 0.312 e. The average molecular weight is 251 g/mol.